The summed E-state index contributed by atoms with van der Waals surface area (Å²) in [4.78, 5) is 16.7. The van der Waals surface area contributed by atoms with E-state index < -0.39 is 17.2 Å². The summed E-state index contributed by atoms with van der Waals surface area (Å²) in [7, 11) is 1.77. The molecule has 0 bridgehead atoms. The van der Waals surface area contributed by atoms with Crippen LogP contribution in [0.2, 0.25) is 0 Å². The monoisotopic (exact) mass is 415 g/mol. The van der Waals surface area contributed by atoms with Crippen molar-refractivity contribution in [2.75, 3.05) is 11.9 Å². The van der Waals surface area contributed by atoms with Crippen LogP contribution in [0, 0.1) is 0 Å². The molecule has 1 aromatic carbocycles. The molecule has 0 spiro atoms. The van der Waals surface area contributed by atoms with Crippen LogP contribution >= 0.6 is 0 Å². The van der Waals surface area contributed by atoms with E-state index in [1.54, 1.807) is 30.1 Å². The molecular formula is C21H20F3N5O. The molecular weight excluding hydrogens is 395 g/mol. The van der Waals surface area contributed by atoms with Gasteiger partial charge >= 0.3 is 6.18 Å². The first kappa shape index (κ1) is 19.9. The Morgan fingerprint density at radius 1 is 1.20 bits per heavy atom. The highest BCUT2D eigenvalue weighted by Gasteiger charge is 2.42. The third-order valence-electron chi connectivity index (χ3n) is 5.40. The Morgan fingerprint density at radius 3 is 2.57 bits per heavy atom. The molecule has 9 heteroatoms. The number of rotatable bonds is 4. The van der Waals surface area contributed by atoms with Gasteiger partial charge in [0.2, 0.25) is 5.91 Å². The Kier molecular flexibility index (Phi) is 4.76. The third kappa shape index (κ3) is 3.51. The minimum Gasteiger partial charge on any atom is -0.355 e. The second-order valence-electron chi connectivity index (χ2n) is 7.48. The number of carbonyl (C=O) groups is 1. The minimum absolute atomic E-state index is 0.0590. The lowest BCUT2D eigenvalue weighted by molar-refractivity contribution is -0.137. The first-order valence-electron chi connectivity index (χ1n) is 9.41. The lowest BCUT2D eigenvalue weighted by atomic mass is 9.85. The molecule has 1 amide bonds. The van der Waals surface area contributed by atoms with E-state index in [9.17, 15) is 18.0 Å². The molecule has 0 aliphatic carbocycles. The molecule has 0 radical (unpaired) electrons. The Balaban J connectivity index is 1.67. The lowest BCUT2D eigenvalue weighted by Gasteiger charge is -2.16. The van der Waals surface area contributed by atoms with Crippen LogP contribution < -0.4 is 10.6 Å². The summed E-state index contributed by atoms with van der Waals surface area (Å²) in [5.41, 5.74) is 1.64. The van der Waals surface area contributed by atoms with Crippen molar-refractivity contribution < 1.29 is 18.0 Å². The van der Waals surface area contributed by atoms with Crippen molar-refractivity contribution in [1.29, 1.82) is 0 Å². The van der Waals surface area contributed by atoms with Crippen molar-refractivity contribution in [3.05, 3.63) is 59.9 Å². The molecule has 0 unspecified atom stereocenters. The smallest absolute Gasteiger partial charge is 0.355 e. The average molecular weight is 415 g/mol. The van der Waals surface area contributed by atoms with Crippen molar-refractivity contribution in [2.24, 2.45) is 7.05 Å². The van der Waals surface area contributed by atoms with Gasteiger partial charge in [-0.3, -0.25) is 14.5 Å². The van der Waals surface area contributed by atoms with E-state index in [2.05, 4.69) is 20.7 Å². The fourth-order valence-corrected chi connectivity index (χ4v) is 3.55. The number of anilines is 2. The second kappa shape index (κ2) is 7.16. The molecule has 1 saturated heterocycles. The Bertz CT molecular complexity index is 1090. The Hall–Kier alpha value is -3.36. The van der Waals surface area contributed by atoms with E-state index in [1.807, 2.05) is 13.0 Å². The zero-order chi connectivity index (χ0) is 21.5. The molecule has 0 saturated carbocycles. The molecule has 2 aromatic heterocycles. The second-order valence-corrected chi connectivity index (χ2v) is 7.48. The number of alkyl halides is 3. The number of amides is 1. The molecule has 30 heavy (non-hydrogen) atoms. The van der Waals surface area contributed by atoms with Gasteiger partial charge in [0.25, 0.3) is 0 Å². The summed E-state index contributed by atoms with van der Waals surface area (Å²) >= 11 is 0. The van der Waals surface area contributed by atoms with Gasteiger partial charge < -0.3 is 10.6 Å². The van der Waals surface area contributed by atoms with Crippen LogP contribution in [0.3, 0.4) is 0 Å². The highest BCUT2D eigenvalue weighted by molar-refractivity contribution is 5.89. The number of hydrogen-bond acceptors (Lipinski definition) is 4. The van der Waals surface area contributed by atoms with E-state index in [-0.39, 0.29) is 5.91 Å². The number of hydrogen-bond donors (Lipinski definition) is 2. The minimum atomic E-state index is -4.38. The van der Waals surface area contributed by atoms with E-state index in [0.29, 0.717) is 41.4 Å². The Morgan fingerprint density at radius 2 is 1.93 bits per heavy atom. The number of carbonyl (C=O) groups excluding carboxylic acids is 1. The maximum atomic E-state index is 12.8. The predicted octanol–water partition coefficient (Wildman–Crippen LogP) is 4.02. The summed E-state index contributed by atoms with van der Waals surface area (Å²) in [6, 6.07) is 10.2. The quantitative estimate of drug-likeness (QED) is 0.675. The molecule has 1 aliphatic rings. The van der Waals surface area contributed by atoms with Gasteiger partial charge in [0.15, 0.2) is 0 Å². The summed E-state index contributed by atoms with van der Waals surface area (Å²) in [5.74, 6) is -0.0590. The lowest BCUT2D eigenvalue weighted by Crippen LogP contribution is -2.32. The Labute approximate surface area is 171 Å². The SMILES string of the molecule is Cn1nc([C@]2(C)CCNC2=O)cc1-c1ncccc1Nc1ccc(C(F)(F)F)cc1. The maximum absolute atomic E-state index is 12.8. The van der Waals surface area contributed by atoms with Crippen molar-refractivity contribution >= 4 is 17.3 Å². The highest BCUT2D eigenvalue weighted by atomic mass is 19.4. The number of nitrogens with zero attached hydrogens (tertiary/aromatic N) is 3. The van der Waals surface area contributed by atoms with Crippen molar-refractivity contribution in [3.63, 3.8) is 0 Å². The van der Waals surface area contributed by atoms with Crippen molar-refractivity contribution in [3.8, 4) is 11.4 Å². The largest absolute Gasteiger partial charge is 0.416 e. The number of halogens is 3. The third-order valence-corrected chi connectivity index (χ3v) is 5.40. The van der Waals surface area contributed by atoms with Gasteiger partial charge in [-0.05, 0) is 55.8 Å². The van der Waals surface area contributed by atoms with Gasteiger partial charge in [0.05, 0.1) is 28.1 Å². The molecule has 2 N–H and O–H groups in total. The highest BCUT2D eigenvalue weighted by Crippen LogP contribution is 2.35. The molecule has 156 valence electrons. The fourth-order valence-electron chi connectivity index (χ4n) is 3.55. The first-order chi connectivity index (χ1) is 14.2. The van der Waals surface area contributed by atoms with E-state index in [4.69, 9.17) is 0 Å². The number of pyridine rings is 1. The van der Waals surface area contributed by atoms with Crippen molar-refractivity contribution in [2.45, 2.75) is 24.9 Å². The van der Waals surface area contributed by atoms with Crippen LogP contribution in [0.4, 0.5) is 24.5 Å². The van der Waals surface area contributed by atoms with Gasteiger partial charge in [-0.2, -0.15) is 18.3 Å². The average Bonchev–Trinajstić information content (AvgIpc) is 3.25. The molecule has 6 nitrogen and oxygen atoms in total. The van der Waals surface area contributed by atoms with E-state index in [0.717, 1.165) is 12.1 Å². The standard InChI is InChI=1S/C21H20F3N5O/c1-20(9-11-26-19(20)30)17-12-16(29(2)28-17)18-15(4-3-10-25-18)27-14-7-5-13(6-8-14)21(22,23)24/h3-8,10,12,27H,9,11H2,1-2H3,(H,26,30)/t20-/m0/s1. The molecule has 3 heterocycles. The normalized spacial score (nSPS) is 19.0. The first-order valence-corrected chi connectivity index (χ1v) is 9.41. The summed E-state index contributed by atoms with van der Waals surface area (Å²) in [6.07, 6.45) is -2.10. The zero-order valence-corrected chi connectivity index (χ0v) is 16.4. The fraction of sp³-hybridized carbons (Fsp3) is 0.286. The number of benzene rings is 1. The van der Waals surface area contributed by atoms with Crippen LogP contribution in [-0.2, 0) is 23.4 Å². The summed E-state index contributed by atoms with van der Waals surface area (Å²) in [6.45, 7) is 2.47. The van der Waals surface area contributed by atoms with Gasteiger partial charge in [-0.25, -0.2) is 0 Å². The van der Waals surface area contributed by atoms with Crippen LogP contribution in [0.15, 0.2) is 48.7 Å². The maximum Gasteiger partial charge on any atom is 0.416 e. The van der Waals surface area contributed by atoms with E-state index >= 15 is 0 Å². The van der Waals surface area contributed by atoms with Gasteiger partial charge in [-0.15, -0.1) is 0 Å². The summed E-state index contributed by atoms with van der Waals surface area (Å²) in [5, 5.41) is 10.5. The number of aryl methyl sites for hydroxylation is 1. The summed E-state index contributed by atoms with van der Waals surface area (Å²) < 4.78 is 40.0. The molecule has 3 aromatic rings. The van der Waals surface area contributed by atoms with Gasteiger partial charge in [-0.1, -0.05) is 0 Å². The van der Waals surface area contributed by atoms with Gasteiger partial charge in [0, 0.05) is 25.5 Å². The van der Waals surface area contributed by atoms with Crippen LogP contribution in [0.1, 0.15) is 24.6 Å². The number of nitrogens with one attached hydrogen (secondary N) is 2. The zero-order valence-electron chi connectivity index (χ0n) is 16.4. The van der Waals surface area contributed by atoms with Crippen LogP contribution in [0.25, 0.3) is 11.4 Å². The van der Waals surface area contributed by atoms with Crippen LogP contribution in [-0.4, -0.2) is 27.2 Å². The molecule has 1 atom stereocenters. The van der Waals surface area contributed by atoms with Crippen LogP contribution in [0.5, 0.6) is 0 Å². The number of aromatic nitrogens is 3. The van der Waals surface area contributed by atoms with Gasteiger partial charge in [0.1, 0.15) is 5.69 Å². The topological polar surface area (TPSA) is 71.8 Å². The molecule has 1 aliphatic heterocycles. The molecule has 4 rings (SSSR count). The molecule has 1 fully saturated rings. The predicted molar refractivity (Wildman–Crippen MR) is 106 cm³/mol. The van der Waals surface area contributed by atoms with E-state index in [1.165, 1.54) is 12.1 Å². The van der Waals surface area contributed by atoms with Crippen molar-refractivity contribution in [1.82, 2.24) is 20.1 Å².